The van der Waals surface area contributed by atoms with E-state index in [4.69, 9.17) is 9.47 Å². The van der Waals surface area contributed by atoms with Gasteiger partial charge in [0.05, 0.1) is 19.3 Å². The number of hydrogen-bond donors (Lipinski definition) is 0. The van der Waals surface area contributed by atoms with Gasteiger partial charge >= 0.3 is 0 Å². The summed E-state index contributed by atoms with van der Waals surface area (Å²) >= 11 is 1.66. The highest BCUT2D eigenvalue weighted by atomic mass is 32.1. The van der Waals surface area contributed by atoms with Gasteiger partial charge in [-0.05, 0) is 48.3 Å². The standard InChI is InChI=1S/C24H31N3O4S/c28-23(6-5-22-4-2-12-32-22)27-16-21(31-18-20-3-1-9-25-13-20)15-26(24(29)17-27)14-19-7-10-30-11-8-19/h1-4,9,12-13,19,21H,5-8,10-11,14-18H2. The van der Waals surface area contributed by atoms with Crippen molar-refractivity contribution in [3.05, 3.63) is 52.5 Å². The van der Waals surface area contributed by atoms with E-state index in [2.05, 4.69) is 4.98 Å². The van der Waals surface area contributed by atoms with Crippen LogP contribution in [-0.2, 0) is 32.1 Å². The SMILES string of the molecule is O=C(CCc1cccs1)N1CC(=O)N(CC2CCOCC2)CC(OCc2cccnc2)C1. The summed E-state index contributed by atoms with van der Waals surface area (Å²) in [4.78, 5) is 35.0. The summed E-state index contributed by atoms with van der Waals surface area (Å²) in [6, 6.07) is 7.89. The third kappa shape index (κ3) is 6.60. The van der Waals surface area contributed by atoms with Crippen LogP contribution in [0.1, 0.15) is 29.7 Å². The monoisotopic (exact) mass is 457 g/mol. The second-order valence-electron chi connectivity index (χ2n) is 8.50. The maximum Gasteiger partial charge on any atom is 0.242 e. The van der Waals surface area contributed by atoms with E-state index in [-0.39, 0.29) is 24.5 Å². The van der Waals surface area contributed by atoms with Crippen LogP contribution in [0.2, 0.25) is 0 Å². The Morgan fingerprint density at radius 1 is 1.22 bits per heavy atom. The smallest absolute Gasteiger partial charge is 0.242 e. The Morgan fingerprint density at radius 2 is 2.09 bits per heavy atom. The molecule has 1 unspecified atom stereocenters. The molecule has 0 aliphatic carbocycles. The fraction of sp³-hybridized carbons (Fsp3) is 0.542. The number of rotatable bonds is 8. The minimum absolute atomic E-state index is 0.00782. The lowest BCUT2D eigenvalue weighted by Gasteiger charge is -2.30. The Hall–Kier alpha value is -2.29. The van der Waals surface area contributed by atoms with Crippen molar-refractivity contribution in [3.63, 3.8) is 0 Å². The number of hydrogen-bond acceptors (Lipinski definition) is 6. The topological polar surface area (TPSA) is 72.0 Å². The van der Waals surface area contributed by atoms with E-state index in [0.717, 1.165) is 31.6 Å². The highest BCUT2D eigenvalue weighted by Gasteiger charge is 2.32. The molecule has 2 fully saturated rings. The van der Waals surface area contributed by atoms with E-state index in [0.29, 0.717) is 45.0 Å². The molecule has 7 nitrogen and oxygen atoms in total. The first kappa shape index (κ1) is 22.9. The molecule has 0 spiro atoms. The van der Waals surface area contributed by atoms with Gasteiger partial charge in [-0.3, -0.25) is 14.6 Å². The summed E-state index contributed by atoms with van der Waals surface area (Å²) in [6.07, 6.45) is 6.33. The predicted octanol–water partition coefficient (Wildman–Crippen LogP) is 2.76. The van der Waals surface area contributed by atoms with Gasteiger partial charge < -0.3 is 19.3 Å². The molecular weight excluding hydrogens is 426 g/mol. The molecule has 2 aliphatic rings. The predicted molar refractivity (Wildman–Crippen MR) is 122 cm³/mol. The number of pyridine rings is 1. The molecule has 8 heteroatoms. The highest BCUT2D eigenvalue weighted by Crippen LogP contribution is 2.20. The molecule has 172 valence electrons. The molecule has 32 heavy (non-hydrogen) atoms. The third-order valence-electron chi connectivity index (χ3n) is 6.07. The zero-order valence-electron chi connectivity index (χ0n) is 18.4. The van der Waals surface area contributed by atoms with Crippen LogP contribution >= 0.6 is 11.3 Å². The molecule has 0 N–H and O–H groups in total. The Morgan fingerprint density at radius 3 is 2.84 bits per heavy atom. The maximum atomic E-state index is 13.1. The molecule has 1 atom stereocenters. The first-order chi connectivity index (χ1) is 15.7. The number of thiophene rings is 1. The largest absolute Gasteiger partial charge is 0.381 e. The Bertz CT molecular complexity index is 855. The summed E-state index contributed by atoms with van der Waals surface area (Å²) in [5.41, 5.74) is 0.981. The van der Waals surface area contributed by atoms with Crippen molar-refractivity contribution in [1.29, 1.82) is 0 Å². The molecule has 2 aromatic rings. The Labute approximate surface area is 193 Å². The Balaban J connectivity index is 1.41. The van der Waals surface area contributed by atoms with E-state index < -0.39 is 0 Å². The van der Waals surface area contributed by atoms with Crippen LogP contribution in [0.25, 0.3) is 0 Å². The summed E-state index contributed by atoms with van der Waals surface area (Å²) < 4.78 is 11.7. The van der Waals surface area contributed by atoms with Crippen LogP contribution in [0, 0.1) is 5.92 Å². The van der Waals surface area contributed by atoms with Crippen LogP contribution < -0.4 is 0 Å². The lowest BCUT2D eigenvalue weighted by Crippen LogP contribution is -2.42. The van der Waals surface area contributed by atoms with Crippen LogP contribution in [0.5, 0.6) is 0 Å². The van der Waals surface area contributed by atoms with E-state index in [1.165, 1.54) is 4.88 Å². The van der Waals surface area contributed by atoms with Crippen molar-refractivity contribution in [2.75, 3.05) is 39.4 Å². The highest BCUT2D eigenvalue weighted by molar-refractivity contribution is 7.09. The molecule has 2 saturated heterocycles. The zero-order chi connectivity index (χ0) is 22.2. The van der Waals surface area contributed by atoms with Crippen molar-refractivity contribution in [2.45, 2.75) is 38.4 Å². The van der Waals surface area contributed by atoms with Crippen molar-refractivity contribution >= 4 is 23.2 Å². The molecule has 4 rings (SSSR count). The maximum absolute atomic E-state index is 13.1. The summed E-state index contributed by atoms with van der Waals surface area (Å²) in [7, 11) is 0. The van der Waals surface area contributed by atoms with Gasteiger partial charge in [0.25, 0.3) is 0 Å². The average molecular weight is 458 g/mol. The van der Waals surface area contributed by atoms with Gasteiger partial charge in [-0.1, -0.05) is 12.1 Å². The number of carbonyl (C=O) groups is 2. The summed E-state index contributed by atoms with van der Waals surface area (Å²) in [5.74, 6) is 0.454. The number of amides is 2. The quantitative estimate of drug-likeness (QED) is 0.610. The van der Waals surface area contributed by atoms with Gasteiger partial charge in [-0.2, -0.15) is 0 Å². The molecule has 4 heterocycles. The first-order valence-corrected chi connectivity index (χ1v) is 12.2. The first-order valence-electron chi connectivity index (χ1n) is 11.3. The van der Waals surface area contributed by atoms with Gasteiger partial charge in [0.2, 0.25) is 11.8 Å². The molecule has 2 aromatic heterocycles. The minimum Gasteiger partial charge on any atom is -0.381 e. The minimum atomic E-state index is -0.229. The number of nitrogens with zero attached hydrogens (tertiary/aromatic N) is 3. The number of ether oxygens (including phenoxy) is 2. The fourth-order valence-electron chi connectivity index (χ4n) is 4.23. The molecule has 0 bridgehead atoms. The van der Waals surface area contributed by atoms with Gasteiger partial charge in [0.15, 0.2) is 0 Å². The third-order valence-corrected chi connectivity index (χ3v) is 7.01. The summed E-state index contributed by atoms with van der Waals surface area (Å²) in [6.45, 7) is 3.67. The molecular formula is C24H31N3O4S. The number of aryl methyl sites for hydroxylation is 1. The second kappa shape index (κ2) is 11.5. The molecule has 0 aromatic carbocycles. The fourth-order valence-corrected chi connectivity index (χ4v) is 4.94. The molecule has 2 aliphatic heterocycles. The van der Waals surface area contributed by atoms with Crippen molar-refractivity contribution < 1.29 is 19.1 Å². The van der Waals surface area contributed by atoms with E-state index >= 15 is 0 Å². The van der Waals surface area contributed by atoms with Gasteiger partial charge in [-0.15, -0.1) is 11.3 Å². The number of carbonyl (C=O) groups excluding carboxylic acids is 2. The van der Waals surface area contributed by atoms with Crippen molar-refractivity contribution in [1.82, 2.24) is 14.8 Å². The molecule has 2 amide bonds. The van der Waals surface area contributed by atoms with Gasteiger partial charge in [0.1, 0.15) is 0 Å². The second-order valence-corrected chi connectivity index (χ2v) is 9.53. The zero-order valence-corrected chi connectivity index (χ0v) is 19.2. The Kier molecular flexibility index (Phi) is 8.25. The van der Waals surface area contributed by atoms with Crippen LogP contribution in [0.3, 0.4) is 0 Å². The van der Waals surface area contributed by atoms with E-state index in [1.807, 2.05) is 34.5 Å². The van der Waals surface area contributed by atoms with Crippen molar-refractivity contribution in [3.8, 4) is 0 Å². The summed E-state index contributed by atoms with van der Waals surface area (Å²) in [5, 5.41) is 2.02. The van der Waals surface area contributed by atoms with Gasteiger partial charge in [-0.25, -0.2) is 0 Å². The molecule has 0 saturated carbocycles. The van der Waals surface area contributed by atoms with E-state index in [9.17, 15) is 9.59 Å². The molecule has 0 radical (unpaired) electrons. The van der Waals surface area contributed by atoms with Crippen LogP contribution in [-0.4, -0.2) is 72.1 Å². The lowest BCUT2D eigenvalue weighted by atomic mass is 9.99. The normalized spacial score (nSPS) is 20.4. The number of aromatic nitrogens is 1. The van der Waals surface area contributed by atoms with Crippen LogP contribution in [0.15, 0.2) is 42.0 Å². The van der Waals surface area contributed by atoms with Crippen LogP contribution in [0.4, 0.5) is 0 Å². The van der Waals surface area contributed by atoms with Crippen molar-refractivity contribution in [2.24, 2.45) is 5.92 Å². The lowest BCUT2D eigenvalue weighted by molar-refractivity contribution is -0.139. The van der Waals surface area contributed by atoms with Gasteiger partial charge in [0, 0.05) is 56.5 Å². The van der Waals surface area contributed by atoms with E-state index in [1.54, 1.807) is 28.6 Å². The average Bonchev–Trinajstić information content (AvgIpc) is 3.29.